The van der Waals surface area contributed by atoms with E-state index in [9.17, 15) is 8.42 Å². The molecule has 2 fully saturated rings. The van der Waals surface area contributed by atoms with Crippen molar-refractivity contribution in [3.05, 3.63) is 35.9 Å². The summed E-state index contributed by atoms with van der Waals surface area (Å²) in [5, 5.41) is 0. The normalized spacial score (nSPS) is 27.4. The van der Waals surface area contributed by atoms with Gasteiger partial charge in [-0.05, 0) is 32.3 Å². The zero-order valence-electron chi connectivity index (χ0n) is 15.1. The van der Waals surface area contributed by atoms with Crippen LogP contribution in [0.15, 0.2) is 30.3 Å². The van der Waals surface area contributed by atoms with Crippen LogP contribution in [0, 0.1) is 0 Å². The Labute approximate surface area is 151 Å². The number of hydrogen-bond acceptors (Lipinski definition) is 4. The monoisotopic (exact) mass is 367 g/mol. The minimum Gasteiger partial charge on any atom is -0.373 e. The molecule has 2 aliphatic heterocycles. The first-order chi connectivity index (χ1) is 11.9. The van der Waals surface area contributed by atoms with E-state index in [0.717, 1.165) is 32.5 Å². The van der Waals surface area contributed by atoms with Crippen LogP contribution in [0.4, 0.5) is 0 Å². The number of morpholine rings is 1. The van der Waals surface area contributed by atoms with Gasteiger partial charge in [-0.25, -0.2) is 0 Å². The summed E-state index contributed by atoms with van der Waals surface area (Å²) in [6.07, 6.45) is 1.57. The average Bonchev–Trinajstić information content (AvgIpc) is 2.56. The highest BCUT2D eigenvalue weighted by Gasteiger charge is 2.33. The van der Waals surface area contributed by atoms with Crippen LogP contribution < -0.4 is 4.72 Å². The van der Waals surface area contributed by atoms with Gasteiger partial charge in [-0.3, -0.25) is 4.90 Å². The van der Waals surface area contributed by atoms with Crippen molar-refractivity contribution in [2.45, 2.75) is 51.5 Å². The lowest BCUT2D eigenvalue weighted by Crippen LogP contribution is -2.55. The molecule has 0 aromatic heterocycles. The van der Waals surface area contributed by atoms with Gasteiger partial charge in [0.15, 0.2) is 0 Å². The van der Waals surface area contributed by atoms with Crippen LogP contribution in [0.2, 0.25) is 0 Å². The van der Waals surface area contributed by atoms with E-state index >= 15 is 0 Å². The van der Waals surface area contributed by atoms with Crippen LogP contribution in [-0.2, 0) is 21.5 Å². The highest BCUT2D eigenvalue weighted by Crippen LogP contribution is 2.18. The van der Waals surface area contributed by atoms with Gasteiger partial charge in [0.25, 0.3) is 10.2 Å². The van der Waals surface area contributed by atoms with Crippen molar-refractivity contribution in [2.75, 3.05) is 26.2 Å². The Balaban J connectivity index is 1.49. The molecule has 1 aromatic rings. The molecular weight excluding hydrogens is 338 g/mol. The van der Waals surface area contributed by atoms with Crippen molar-refractivity contribution < 1.29 is 13.2 Å². The Kier molecular flexibility index (Phi) is 6.12. The molecule has 0 saturated carbocycles. The van der Waals surface area contributed by atoms with Crippen LogP contribution in [0.5, 0.6) is 0 Å². The molecule has 140 valence electrons. The number of hydrogen-bond donors (Lipinski definition) is 1. The second-order valence-corrected chi connectivity index (χ2v) is 8.94. The molecule has 0 bridgehead atoms. The Morgan fingerprint density at radius 2 is 1.68 bits per heavy atom. The van der Waals surface area contributed by atoms with Gasteiger partial charge >= 0.3 is 0 Å². The van der Waals surface area contributed by atoms with E-state index in [-0.39, 0.29) is 18.2 Å². The molecule has 0 amide bonds. The largest absolute Gasteiger partial charge is 0.373 e. The standard InChI is InChI=1S/C18H29N3O3S/c1-15-12-21(13-16(2)24-15)25(22,23)19-18-8-10-20(11-9-18)14-17-6-4-3-5-7-17/h3-7,15-16,18-19H,8-14H2,1-2H3/t15-,16+. The second kappa shape index (κ2) is 8.14. The number of benzene rings is 1. The van der Waals surface area contributed by atoms with E-state index in [2.05, 4.69) is 33.9 Å². The van der Waals surface area contributed by atoms with E-state index in [1.54, 1.807) is 0 Å². The average molecular weight is 368 g/mol. The number of piperidine rings is 1. The smallest absolute Gasteiger partial charge is 0.279 e. The van der Waals surface area contributed by atoms with Crippen LogP contribution in [0.25, 0.3) is 0 Å². The van der Waals surface area contributed by atoms with E-state index in [1.165, 1.54) is 9.87 Å². The highest BCUT2D eigenvalue weighted by molar-refractivity contribution is 7.87. The van der Waals surface area contributed by atoms with Crippen molar-refractivity contribution in [1.82, 2.24) is 13.9 Å². The summed E-state index contributed by atoms with van der Waals surface area (Å²) in [6, 6.07) is 10.4. The van der Waals surface area contributed by atoms with Gasteiger partial charge in [-0.1, -0.05) is 30.3 Å². The molecule has 7 heteroatoms. The van der Waals surface area contributed by atoms with Crippen LogP contribution >= 0.6 is 0 Å². The van der Waals surface area contributed by atoms with E-state index < -0.39 is 10.2 Å². The number of nitrogens with one attached hydrogen (secondary N) is 1. The van der Waals surface area contributed by atoms with Crippen LogP contribution in [0.3, 0.4) is 0 Å². The topological polar surface area (TPSA) is 61.9 Å². The molecule has 1 N–H and O–H groups in total. The van der Waals surface area contributed by atoms with Gasteiger partial charge < -0.3 is 4.74 Å². The quantitative estimate of drug-likeness (QED) is 0.859. The third kappa shape index (κ3) is 5.24. The fourth-order valence-electron chi connectivity index (χ4n) is 3.66. The minimum absolute atomic E-state index is 0.0190. The van der Waals surface area contributed by atoms with Gasteiger partial charge in [0.2, 0.25) is 0 Å². The molecule has 3 rings (SSSR count). The molecule has 0 aliphatic carbocycles. The van der Waals surface area contributed by atoms with Crippen molar-refractivity contribution in [2.24, 2.45) is 0 Å². The summed E-state index contributed by atoms with van der Waals surface area (Å²) in [5.74, 6) is 0. The number of ether oxygens (including phenoxy) is 1. The minimum atomic E-state index is -3.44. The van der Waals surface area contributed by atoms with Gasteiger partial charge in [-0.2, -0.15) is 17.4 Å². The maximum atomic E-state index is 12.7. The molecule has 1 aromatic carbocycles. The van der Waals surface area contributed by atoms with Gasteiger partial charge in [0.1, 0.15) is 0 Å². The van der Waals surface area contributed by atoms with Crippen molar-refractivity contribution in [3.8, 4) is 0 Å². The molecule has 2 atom stereocenters. The third-order valence-electron chi connectivity index (χ3n) is 4.88. The Morgan fingerprint density at radius 3 is 2.28 bits per heavy atom. The van der Waals surface area contributed by atoms with Gasteiger partial charge in [0.05, 0.1) is 12.2 Å². The summed E-state index contributed by atoms with van der Waals surface area (Å²) in [4.78, 5) is 2.39. The fourth-order valence-corrected chi connectivity index (χ4v) is 5.28. The number of rotatable bonds is 5. The van der Waals surface area contributed by atoms with E-state index in [0.29, 0.717) is 13.1 Å². The maximum absolute atomic E-state index is 12.7. The molecule has 6 nitrogen and oxygen atoms in total. The zero-order valence-corrected chi connectivity index (χ0v) is 15.9. The van der Waals surface area contributed by atoms with Crippen LogP contribution in [0.1, 0.15) is 32.3 Å². The predicted octanol–water partition coefficient (Wildman–Crippen LogP) is 1.59. The highest BCUT2D eigenvalue weighted by atomic mass is 32.2. The van der Waals surface area contributed by atoms with Crippen molar-refractivity contribution >= 4 is 10.2 Å². The Hall–Kier alpha value is -0.990. The molecular formula is C18H29N3O3S. The van der Waals surface area contributed by atoms with Gasteiger partial charge in [-0.15, -0.1) is 0 Å². The summed E-state index contributed by atoms with van der Waals surface area (Å²) < 4.78 is 35.4. The SMILES string of the molecule is C[C@@H]1CN(S(=O)(=O)NC2CCN(Cc3ccccc3)CC2)C[C@H](C)O1. The third-order valence-corrected chi connectivity index (χ3v) is 6.49. The number of likely N-dealkylation sites (tertiary alicyclic amines) is 1. The molecule has 2 saturated heterocycles. The molecule has 0 unspecified atom stereocenters. The van der Waals surface area contributed by atoms with Crippen LogP contribution in [-0.4, -0.2) is 62.1 Å². The maximum Gasteiger partial charge on any atom is 0.279 e. The molecule has 0 spiro atoms. The zero-order chi connectivity index (χ0) is 17.9. The second-order valence-electron chi connectivity index (χ2n) is 7.23. The van der Waals surface area contributed by atoms with Crippen molar-refractivity contribution in [3.63, 3.8) is 0 Å². The lowest BCUT2D eigenvalue weighted by molar-refractivity contribution is -0.0445. The first kappa shape index (κ1) is 18.8. The lowest BCUT2D eigenvalue weighted by Gasteiger charge is -2.37. The first-order valence-electron chi connectivity index (χ1n) is 9.11. The molecule has 0 radical (unpaired) electrons. The Morgan fingerprint density at radius 1 is 1.08 bits per heavy atom. The molecule has 2 aliphatic rings. The summed E-state index contributed by atoms with van der Waals surface area (Å²) in [5.41, 5.74) is 1.30. The molecule has 25 heavy (non-hydrogen) atoms. The summed E-state index contributed by atoms with van der Waals surface area (Å²) in [6.45, 7) is 7.44. The van der Waals surface area contributed by atoms with Crippen molar-refractivity contribution in [1.29, 1.82) is 0 Å². The van der Waals surface area contributed by atoms with Gasteiger partial charge in [0, 0.05) is 38.8 Å². The predicted molar refractivity (Wildman–Crippen MR) is 98.4 cm³/mol. The first-order valence-corrected chi connectivity index (χ1v) is 10.6. The number of nitrogens with zero attached hydrogens (tertiary/aromatic N) is 2. The fraction of sp³-hybridized carbons (Fsp3) is 0.667. The Bertz CT molecular complexity index is 635. The summed E-state index contributed by atoms with van der Waals surface area (Å²) >= 11 is 0. The van der Waals surface area contributed by atoms with E-state index in [4.69, 9.17) is 4.74 Å². The van der Waals surface area contributed by atoms with E-state index in [1.807, 2.05) is 19.9 Å². The molecule has 2 heterocycles. The lowest BCUT2D eigenvalue weighted by atomic mass is 10.1. The summed E-state index contributed by atoms with van der Waals surface area (Å²) in [7, 11) is -3.44.